The zero-order valence-electron chi connectivity index (χ0n) is 14.6. The highest BCUT2D eigenvalue weighted by Gasteiger charge is 2.19. The summed E-state index contributed by atoms with van der Waals surface area (Å²) in [5, 5.41) is 4.37. The van der Waals surface area contributed by atoms with E-state index in [2.05, 4.69) is 20.5 Å². The molecule has 0 fully saturated rings. The number of H-pyrrole nitrogens is 1. The van der Waals surface area contributed by atoms with Crippen LogP contribution in [0.15, 0.2) is 45.0 Å². The van der Waals surface area contributed by atoms with Gasteiger partial charge in [-0.3, -0.25) is 14.3 Å². The number of anilines is 1. The molecule has 130 valence electrons. The number of aromatic nitrogens is 4. The topological polar surface area (TPSA) is 97.1 Å². The van der Waals surface area contributed by atoms with Crippen LogP contribution in [0.3, 0.4) is 0 Å². The number of nitrogens with one attached hydrogen (secondary N) is 2. The minimum absolute atomic E-state index is 0.0432. The Labute approximate surface area is 143 Å². The molecule has 0 aliphatic rings. The van der Waals surface area contributed by atoms with Crippen molar-refractivity contribution in [3.8, 4) is 0 Å². The van der Waals surface area contributed by atoms with Crippen LogP contribution in [-0.2, 0) is 7.05 Å². The molecule has 0 saturated carbocycles. The molecule has 3 aromatic rings. The Bertz CT molecular complexity index is 1060. The highest BCUT2D eigenvalue weighted by atomic mass is 16.2. The van der Waals surface area contributed by atoms with Crippen LogP contribution in [0.1, 0.15) is 32.4 Å². The number of fused-ring (bicyclic) bond motifs is 1. The van der Waals surface area contributed by atoms with Crippen LogP contribution in [0.25, 0.3) is 11.2 Å². The maximum Gasteiger partial charge on any atom is 0.329 e. The molecule has 0 saturated heterocycles. The third-order valence-corrected chi connectivity index (χ3v) is 3.98. The normalized spacial score (nSPS) is 12.1. The summed E-state index contributed by atoms with van der Waals surface area (Å²) in [5.74, 6) is 0.409. The standard InChI is InChI=1S/C17H20N6O2/c1-10(2)23-13-14(22(4)17(25)19-15(13)24)18-16(23)21-20-11(3)12-8-6-5-7-9-12/h5-10H,1-4H3,(H,18,21)(H,19,24,25). The van der Waals surface area contributed by atoms with Crippen molar-refractivity contribution < 1.29 is 0 Å². The molecule has 0 atom stereocenters. The first kappa shape index (κ1) is 16.7. The largest absolute Gasteiger partial charge is 0.329 e. The second-order valence-electron chi connectivity index (χ2n) is 6.06. The number of aryl methyl sites for hydroxylation is 1. The summed E-state index contributed by atoms with van der Waals surface area (Å²) in [6, 6.07) is 9.69. The van der Waals surface area contributed by atoms with Gasteiger partial charge in [0.05, 0.1) is 5.71 Å². The fourth-order valence-electron chi connectivity index (χ4n) is 2.66. The summed E-state index contributed by atoms with van der Waals surface area (Å²) in [6.45, 7) is 5.75. The summed E-state index contributed by atoms with van der Waals surface area (Å²) in [7, 11) is 1.57. The lowest BCUT2D eigenvalue weighted by atomic mass is 10.1. The average Bonchev–Trinajstić information content (AvgIpc) is 2.99. The van der Waals surface area contributed by atoms with E-state index in [0.29, 0.717) is 17.1 Å². The molecule has 3 rings (SSSR count). The Kier molecular flexibility index (Phi) is 4.26. The number of rotatable bonds is 4. The van der Waals surface area contributed by atoms with Gasteiger partial charge in [0.1, 0.15) is 0 Å². The molecule has 0 aliphatic heterocycles. The summed E-state index contributed by atoms with van der Waals surface area (Å²) < 4.78 is 3.05. The molecule has 2 N–H and O–H groups in total. The summed E-state index contributed by atoms with van der Waals surface area (Å²) in [4.78, 5) is 30.8. The molecule has 0 spiro atoms. The van der Waals surface area contributed by atoms with Crippen molar-refractivity contribution in [1.82, 2.24) is 19.1 Å². The van der Waals surface area contributed by atoms with Crippen LogP contribution in [0.5, 0.6) is 0 Å². The smallest absolute Gasteiger partial charge is 0.300 e. The number of hydrazone groups is 1. The van der Waals surface area contributed by atoms with Crippen molar-refractivity contribution >= 4 is 22.8 Å². The first-order chi connectivity index (χ1) is 11.9. The zero-order chi connectivity index (χ0) is 18.1. The summed E-state index contributed by atoms with van der Waals surface area (Å²) in [6.07, 6.45) is 0. The molecular formula is C17H20N6O2. The number of imidazole rings is 1. The van der Waals surface area contributed by atoms with Gasteiger partial charge in [-0.25, -0.2) is 10.2 Å². The van der Waals surface area contributed by atoms with E-state index in [9.17, 15) is 9.59 Å². The van der Waals surface area contributed by atoms with Gasteiger partial charge in [-0.2, -0.15) is 10.1 Å². The van der Waals surface area contributed by atoms with Crippen LogP contribution in [-0.4, -0.2) is 24.8 Å². The van der Waals surface area contributed by atoms with Crippen LogP contribution in [0, 0.1) is 0 Å². The number of nitrogens with zero attached hydrogens (tertiary/aromatic N) is 4. The Morgan fingerprint density at radius 3 is 2.56 bits per heavy atom. The lowest BCUT2D eigenvalue weighted by Crippen LogP contribution is -2.29. The lowest BCUT2D eigenvalue weighted by molar-refractivity contribution is 0.620. The van der Waals surface area contributed by atoms with Crippen LogP contribution in [0.4, 0.5) is 5.95 Å². The fraction of sp³-hybridized carbons (Fsp3) is 0.294. The molecule has 8 heteroatoms. The van der Waals surface area contributed by atoms with Crippen molar-refractivity contribution in [2.24, 2.45) is 12.1 Å². The Morgan fingerprint density at radius 1 is 1.24 bits per heavy atom. The van der Waals surface area contributed by atoms with E-state index in [1.807, 2.05) is 51.1 Å². The molecule has 0 radical (unpaired) electrons. The predicted octanol–water partition coefficient (Wildman–Crippen LogP) is 1.84. The van der Waals surface area contributed by atoms with Gasteiger partial charge in [-0.05, 0) is 26.3 Å². The van der Waals surface area contributed by atoms with Gasteiger partial charge in [-0.15, -0.1) is 0 Å². The van der Waals surface area contributed by atoms with E-state index in [4.69, 9.17) is 0 Å². The minimum Gasteiger partial charge on any atom is -0.300 e. The van der Waals surface area contributed by atoms with Crippen molar-refractivity contribution in [1.29, 1.82) is 0 Å². The molecule has 0 unspecified atom stereocenters. The lowest BCUT2D eigenvalue weighted by Gasteiger charge is -2.12. The Balaban J connectivity index is 2.12. The van der Waals surface area contributed by atoms with Gasteiger partial charge in [0.2, 0.25) is 5.95 Å². The maximum atomic E-state index is 12.3. The molecule has 2 heterocycles. The van der Waals surface area contributed by atoms with E-state index in [-0.39, 0.29) is 6.04 Å². The maximum absolute atomic E-state index is 12.3. The first-order valence-electron chi connectivity index (χ1n) is 7.97. The minimum atomic E-state index is -0.499. The molecule has 1 aromatic carbocycles. The predicted molar refractivity (Wildman–Crippen MR) is 98.3 cm³/mol. The Morgan fingerprint density at radius 2 is 1.92 bits per heavy atom. The van der Waals surface area contributed by atoms with Crippen LogP contribution in [0.2, 0.25) is 0 Å². The van der Waals surface area contributed by atoms with E-state index in [0.717, 1.165) is 11.3 Å². The van der Waals surface area contributed by atoms with Crippen LogP contribution < -0.4 is 16.7 Å². The molecule has 25 heavy (non-hydrogen) atoms. The zero-order valence-corrected chi connectivity index (χ0v) is 14.6. The second kappa shape index (κ2) is 6.39. The number of hydrogen-bond donors (Lipinski definition) is 2. The first-order valence-corrected chi connectivity index (χ1v) is 7.97. The number of hydrogen-bond acceptors (Lipinski definition) is 5. The third kappa shape index (κ3) is 2.98. The molecule has 0 bridgehead atoms. The third-order valence-electron chi connectivity index (χ3n) is 3.98. The summed E-state index contributed by atoms with van der Waals surface area (Å²) >= 11 is 0. The second-order valence-corrected chi connectivity index (χ2v) is 6.06. The van der Waals surface area contributed by atoms with Crippen molar-refractivity contribution in [3.05, 3.63) is 56.7 Å². The van der Waals surface area contributed by atoms with Crippen molar-refractivity contribution in [2.45, 2.75) is 26.8 Å². The van der Waals surface area contributed by atoms with E-state index >= 15 is 0 Å². The SMILES string of the molecule is CC(=NNc1nc2c(c(=O)[nH]c(=O)n2C)n1C(C)C)c1ccccc1. The van der Waals surface area contributed by atoms with E-state index < -0.39 is 11.2 Å². The fourth-order valence-corrected chi connectivity index (χ4v) is 2.66. The van der Waals surface area contributed by atoms with Gasteiger partial charge in [0, 0.05) is 13.1 Å². The average molecular weight is 340 g/mol. The van der Waals surface area contributed by atoms with Gasteiger partial charge in [0.25, 0.3) is 5.56 Å². The highest BCUT2D eigenvalue weighted by Crippen LogP contribution is 2.20. The van der Waals surface area contributed by atoms with Gasteiger partial charge in [0.15, 0.2) is 11.2 Å². The molecule has 0 aliphatic carbocycles. The van der Waals surface area contributed by atoms with Crippen molar-refractivity contribution in [2.75, 3.05) is 5.43 Å². The molecular weight excluding hydrogens is 320 g/mol. The quantitative estimate of drug-likeness (QED) is 0.559. The van der Waals surface area contributed by atoms with Gasteiger partial charge >= 0.3 is 5.69 Å². The molecule has 8 nitrogen and oxygen atoms in total. The Hall–Kier alpha value is -3.16. The summed E-state index contributed by atoms with van der Waals surface area (Å²) in [5.41, 5.74) is 4.39. The van der Waals surface area contributed by atoms with E-state index in [1.165, 1.54) is 4.57 Å². The molecule has 0 amide bonds. The highest BCUT2D eigenvalue weighted by molar-refractivity contribution is 5.99. The van der Waals surface area contributed by atoms with Crippen LogP contribution >= 0.6 is 0 Å². The number of aromatic amines is 1. The van der Waals surface area contributed by atoms with Gasteiger partial charge in [-0.1, -0.05) is 30.3 Å². The molecule has 2 aromatic heterocycles. The van der Waals surface area contributed by atoms with Gasteiger partial charge < -0.3 is 4.57 Å². The monoisotopic (exact) mass is 340 g/mol. The number of benzene rings is 1. The van der Waals surface area contributed by atoms with E-state index in [1.54, 1.807) is 11.6 Å². The van der Waals surface area contributed by atoms with Crippen molar-refractivity contribution in [3.63, 3.8) is 0 Å².